The molecule has 0 unspecified atom stereocenters. The average molecular weight is 232 g/mol. The van der Waals surface area contributed by atoms with Gasteiger partial charge in [-0.1, -0.05) is 25.1 Å². The van der Waals surface area contributed by atoms with E-state index in [1.165, 1.54) is 29.5 Å². The van der Waals surface area contributed by atoms with Gasteiger partial charge in [0.05, 0.1) is 5.60 Å². The fourth-order valence-electron chi connectivity index (χ4n) is 2.77. The molecule has 17 heavy (non-hydrogen) atoms. The van der Waals surface area contributed by atoms with Crippen LogP contribution in [0.15, 0.2) is 18.2 Å². The van der Waals surface area contributed by atoms with Gasteiger partial charge in [-0.2, -0.15) is 0 Å². The highest BCUT2D eigenvalue weighted by atomic mass is 16.3. The summed E-state index contributed by atoms with van der Waals surface area (Å²) < 4.78 is 0. The lowest BCUT2D eigenvalue weighted by Crippen LogP contribution is -2.35. The van der Waals surface area contributed by atoms with Crippen molar-refractivity contribution in [2.75, 3.05) is 0 Å². The van der Waals surface area contributed by atoms with Gasteiger partial charge < -0.3 is 5.11 Å². The molecule has 0 bridgehead atoms. The third kappa shape index (κ3) is 3.10. The van der Waals surface area contributed by atoms with Gasteiger partial charge in [0.2, 0.25) is 0 Å². The van der Waals surface area contributed by atoms with E-state index in [0.717, 1.165) is 25.2 Å². The van der Waals surface area contributed by atoms with Gasteiger partial charge >= 0.3 is 0 Å². The van der Waals surface area contributed by atoms with E-state index in [2.05, 4.69) is 39.0 Å². The van der Waals surface area contributed by atoms with Crippen molar-refractivity contribution in [2.45, 2.75) is 58.5 Å². The summed E-state index contributed by atoms with van der Waals surface area (Å²) in [6, 6.07) is 6.56. The maximum Gasteiger partial charge on any atom is 0.0688 e. The van der Waals surface area contributed by atoms with Crippen LogP contribution in [0, 0.1) is 19.8 Å². The van der Waals surface area contributed by atoms with E-state index in [0.29, 0.717) is 0 Å². The van der Waals surface area contributed by atoms with Crippen molar-refractivity contribution in [3.8, 4) is 0 Å². The molecule has 1 nitrogen and oxygen atoms in total. The number of aliphatic hydroxyl groups is 1. The Morgan fingerprint density at radius 1 is 1.18 bits per heavy atom. The van der Waals surface area contributed by atoms with Gasteiger partial charge in [0.1, 0.15) is 0 Å². The number of hydrogen-bond donors (Lipinski definition) is 1. The molecule has 1 fully saturated rings. The zero-order valence-corrected chi connectivity index (χ0v) is 11.3. The van der Waals surface area contributed by atoms with Crippen molar-refractivity contribution in [2.24, 2.45) is 5.92 Å². The Morgan fingerprint density at radius 3 is 2.41 bits per heavy atom. The molecule has 0 aromatic heterocycles. The number of hydrogen-bond acceptors (Lipinski definition) is 1. The lowest BCUT2D eigenvalue weighted by atomic mass is 9.76. The highest BCUT2D eigenvalue weighted by Gasteiger charge is 2.31. The molecule has 1 aromatic carbocycles. The van der Waals surface area contributed by atoms with Gasteiger partial charge in [0.15, 0.2) is 0 Å². The monoisotopic (exact) mass is 232 g/mol. The van der Waals surface area contributed by atoms with E-state index < -0.39 is 5.60 Å². The molecular weight excluding hydrogens is 208 g/mol. The minimum Gasteiger partial charge on any atom is -0.390 e. The Bertz CT molecular complexity index is 387. The van der Waals surface area contributed by atoms with Gasteiger partial charge in [-0.15, -0.1) is 0 Å². The predicted molar refractivity (Wildman–Crippen MR) is 72.2 cm³/mol. The minimum atomic E-state index is -0.450. The molecule has 1 aliphatic rings. The quantitative estimate of drug-likeness (QED) is 0.822. The smallest absolute Gasteiger partial charge is 0.0688 e. The van der Waals surface area contributed by atoms with Crippen LogP contribution in [0.3, 0.4) is 0 Å². The van der Waals surface area contributed by atoms with Gasteiger partial charge in [-0.25, -0.2) is 0 Å². The first-order valence-corrected chi connectivity index (χ1v) is 6.77. The van der Waals surface area contributed by atoms with Gasteiger partial charge in [0.25, 0.3) is 0 Å². The van der Waals surface area contributed by atoms with Crippen molar-refractivity contribution < 1.29 is 5.11 Å². The number of rotatable bonds is 2. The number of benzene rings is 1. The first-order valence-electron chi connectivity index (χ1n) is 6.77. The summed E-state index contributed by atoms with van der Waals surface area (Å²) in [7, 11) is 0. The van der Waals surface area contributed by atoms with E-state index in [1.807, 2.05) is 0 Å². The third-order valence-corrected chi connectivity index (χ3v) is 4.31. The van der Waals surface area contributed by atoms with Crippen molar-refractivity contribution in [3.63, 3.8) is 0 Å². The highest BCUT2D eigenvalue weighted by Crippen LogP contribution is 2.34. The Balaban J connectivity index is 2.07. The van der Waals surface area contributed by atoms with Crippen molar-refractivity contribution in [1.29, 1.82) is 0 Å². The third-order valence-electron chi connectivity index (χ3n) is 4.31. The molecule has 1 aliphatic carbocycles. The molecule has 1 heteroatoms. The van der Waals surface area contributed by atoms with E-state index in [4.69, 9.17) is 0 Å². The topological polar surface area (TPSA) is 20.2 Å². The Labute approximate surface area is 105 Å². The van der Waals surface area contributed by atoms with Gasteiger partial charge in [0, 0.05) is 6.42 Å². The van der Waals surface area contributed by atoms with Crippen LogP contribution in [0.1, 0.15) is 49.3 Å². The molecule has 0 radical (unpaired) electrons. The average Bonchev–Trinajstić information content (AvgIpc) is 2.28. The largest absolute Gasteiger partial charge is 0.390 e. The molecule has 1 saturated carbocycles. The van der Waals surface area contributed by atoms with Crippen molar-refractivity contribution in [1.82, 2.24) is 0 Å². The molecule has 1 aromatic rings. The Morgan fingerprint density at radius 2 is 1.82 bits per heavy atom. The summed E-state index contributed by atoms with van der Waals surface area (Å²) >= 11 is 0. The first-order chi connectivity index (χ1) is 7.98. The minimum absolute atomic E-state index is 0.450. The van der Waals surface area contributed by atoms with E-state index in [1.54, 1.807) is 0 Å². The maximum atomic E-state index is 10.6. The molecular formula is C16H24O. The van der Waals surface area contributed by atoms with Crippen LogP contribution < -0.4 is 0 Å². The maximum absolute atomic E-state index is 10.6. The van der Waals surface area contributed by atoms with Crippen molar-refractivity contribution >= 4 is 0 Å². The molecule has 0 amide bonds. The standard InChI is InChI=1S/C16H24O/c1-12-6-8-16(17,9-7-12)11-15-5-4-13(2)14(3)10-15/h4-5,10,12,17H,6-9,11H2,1-3H3. The SMILES string of the molecule is Cc1ccc(CC2(O)CCC(C)CC2)cc1C. The van der Waals surface area contributed by atoms with Crippen LogP contribution in [0.4, 0.5) is 0 Å². The molecule has 0 saturated heterocycles. The second kappa shape index (κ2) is 4.81. The van der Waals surface area contributed by atoms with Crippen LogP contribution >= 0.6 is 0 Å². The summed E-state index contributed by atoms with van der Waals surface area (Å²) in [5, 5.41) is 10.6. The summed E-state index contributed by atoms with van der Waals surface area (Å²) in [5.41, 5.74) is 3.49. The van der Waals surface area contributed by atoms with E-state index in [9.17, 15) is 5.11 Å². The zero-order valence-electron chi connectivity index (χ0n) is 11.3. The Hall–Kier alpha value is -0.820. The molecule has 0 heterocycles. The lowest BCUT2D eigenvalue weighted by Gasteiger charge is -2.35. The van der Waals surface area contributed by atoms with Crippen LogP contribution in [0.25, 0.3) is 0 Å². The lowest BCUT2D eigenvalue weighted by molar-refractivity contribution is -0.00668. The van der Waals surface area contributed by atoms with Crippen LogP contribution in [-0.2, 0) is 6.42 Å². The predicted octanol–water partition coefficient (Wildman–Crippen LogP) is 3.79. The summed E-state index contributed by atoms with van der Waals surface area (Å²) in [4.78, 5) is 0. The molecule has 0 spiro atoms. The molecule has 2 rings (SSSR count). The summed E-state index contributed by atoms with van der Waals surface area (Å²) in [6.07, 6.45) is 5.08. The second-order valence-corrected chi connectivity index (χ2v) is 6.00. The van der Waals surface area contributed by atoms with E-state index in [-0.39, 0.29) is 0 Å². The fraction of sp³-hybridized carbons (Fsp3) is 0.625. The van der Waals surface area contributed by atoms with Crippen LogP contribution in [-0.4, -0.2) is 10.7 Å². The van der Waals surface area contributed by atoms with Gasteiger partial charge in [-0.3, -0.25) is 0 Å². The Kier molecular flexibility index (Phi) is 3.58. The highest BCUT2D eigenvalue weighted by molar-refractivity contribution is 5.30. The first kappa shape index (κ1) is 12.6. The fourth-order valence-corrected chi connectivity index (χ4v) is 2.77. The molecule has 0 aliphatic heterocycles. The summed E-state index contributed by atoms with van der Waals surface area (Å²) in [6.45, 7) is 6.57. The van der Waals surface area contributed by atoms with Gasteiger partial charge in [-0.05, 0) is 62.1 Å². The second-order valence-electron chi connectivity index (χ2n) is 6.00. The molecule has 0 atom stereocenters. The molecule has 1 N–H and O–H groups in total. The van der Waals surface area contributed by atoms with E-state index >= 15 is 0 Å². The van der Waals surface area contributed by atoms with Crippen molar-refractivity contribution in [3.05, 3.63) is 34.9 Å². The zero-order chi connectivity index (χ0) is 12.5. The normalized spacial score (nSPS) is 29.3. The van der Waals surface area contributed by atoms with Crippen LogP contribution in [0.2, 0.25) is 0 Å². The summed E-state index contributed by atoms with van der Waals surface area (Å²) in [5.74, 6) is 0.787. The van der Waals surface area contributed by atoms with Crippen LogP contribution in [0.5, 0.6) is 0 Å². The molecule has 94 valence electrons. The number of aryl methyl sites for hydroxylation is 2.